The van der Waals surface area contributed by atoms with Crippen LogP contribution in [-0.2, 0) is 0 Å². The molecule has 1 heterocycles. The molecule has 0 aromatic carbocycles. The van der Waals surface area contributed by atoms with Crippen LogP contribution in [0.4, 0.5) is 0 Å². The lowest BCUT2D eigenvalue weighted by molar-refractivity contribution is 0.168. The summed E-state index contributed by atoms with van der Waals surface area (Å²) in [6.07, 6.45) is 8.25. The van der Waals surface area contributed by atoms with Gasteiger partial charge in [0.1, 0.15) is 11.5 Å². The molecular formula is C18H30N2O. The fraction of sp³-hybridized carbons (Fsp3) is 0.778. The first kappa shape index (κ1) is 15.1. The first-order valence-corrected chi connectivity index (χ1v) is 8.69. The predicted octanol–water partition coefficient (Wildman–Crippen LogP) is 3.91. The Kier molecular flexibility index (Phi) is 4.70. The molecule has 1 aromatic heterocycles. The summed E-state index contributed by atoms with van der Waals surface area (Å²) >= 11 is 0. The van der Waals surface area contributed by atoms with E-state index in [9.17, 15) is 0 Å². The van der Waals surface area contributed by atoms with Gasteiger partial charge in [-0.2, -0.15) is 0 Å². The zero-order valence-electron chi connectivity index (χ0n) is 13.6. The van der Waals surface area contributed by atoms with Gasteiger partial charge in [0.25, 0.3) is 0 Å². The van der Waals surface area contributed by atoms with Crippen LogP contribution in [0.15, 0.2) is 16.5 Å². The third kappa shape index (κ3) is 3.51. The number of likely N-dealkylation sites (N-methyl/N-ethyl adjacent to an activating group) is 1. The molecule has 0 spiro atoms. The minimum Gasteiger partial charge on any atom is -0.464 e. The quantitative estimate of drug-likeness (QED) is 0.863. The molecule has 1 aromatic rings. The van der Waals surface area contributed by atoms with Gasteiger partial charge in [0, 0.05) is 19.0 Å². The van der Waals surface area contributed by atoms with Gasteiger partial charge in [0.2, 0.25) is 0 Å². The lowest BCUT2D eigenvalue weighted by Crippen LogP contribution is -2.34. The molecule has 0 bridgehead atoms. The van der Waals surface area contributed by atoms with Gasteiger partial charge in [-0.1, -0.05) is 26.2 Å². The third-order valence-electron chi connectivity index (χ3n) is 5.48. The zero-order valence-corrected chi connectivity index (χ0v) is 13.6. The summed E-state index contributed by atoms with van der Waals surface area (Å²) in [4.78, 5) is 2.41. The number of furan rings is 1. The standard InChI is InChI=1S/C18H30N2O/c1-13-10-15(13)17-8-9-18(21-17)16(11-19)20(2)12-14-6-4-3-5-7-14/h8-9,13-16H,3-7,10-12,19H2,1-2H3. The van der Waals surface area contributed by atoms with E-state index in [-0.39, 0.29) is 6.04 Å². The Morgan fingerprint density at radius 3 is 2.62 bits per heavy atom. The van der Waals surface area contributed by atoms with Gasteiger partial charge in [-0.3, -0.25) is 4.90 Å². The summed E-state index contributed by atoms with van der Waals surface area (Å²) in [5.74, 6) is 4.52. The van der Waals surface area contributed by atoms with E-state index < -0.39 is 0 Å². The first-order chi connectivity index (χ1) is 10.2. The molecule has 0 saturated heterocycles. The van der Waals surface area contributed by atoms with Gasteiger partial charge >= 0.3 is 0 Å². The van der Waals surface area contributed by atoms with Crippen molar-refractivity contribution in [2.24, 2.45) is 17.6 Å². The number of hydrogen-bond donors (Lipinski definition) is 1. The number of rotatable bonds is 6. The molecule has 2 saturated carbocycles. The van der Waals surface area contributed by atoms with Gasteiger partial charge in [0.05, 0.1) is 6.04 Å². The molecule has 2 aliphatic carbocycles. The normalized spacial score (nSPS) is 28.0. The Balaban J connectivity index is 1.61. The minimum absolute atomic E-state index is 0.231. The maximum atomic E-state index is 6.12. The lowest BCUT2D eigenvalue weighted by atomic mass is 9.88. The molecule has 3 rings (SSSR count). The summed E-state index contributed by atoms with van der Waals surface area (Å²) in [7, 11) is 2.20. The molecule has 0 amide bonds. The highest BCUT2D eigenvalue weighted by Gasteiger charge is 2.37. The van der Waals surface area contributed by atoms with Crippen LogP contribution in [-0.4, -0.2) is 25.0 Å². The van der Waals surface area contributed by atoms with E-state index >= 15 is 0 Å². The fourth-order valence-corrected chi connectivity index (χ4v) is 3.88. The van der Waals surface area contributed by atoms with Crippen molar-refractivity contribution in [3.05, 3.63) is 23.7 Å². The third-order valence-corrected chi connectivity index (χ3v) is 5.48. The second-order valence-corrected chi connectivity index (χ2v) is 7.25. The Bertz CT molecular complexity index is 450. The number of hydrogen-bond acceptors (Lipinski definition) is 3. The molecule has 21 heavy (non-hydrogen) atoms. The molecule has 3 nitrogen and oxygen atoms in total. The molecule has 2 N–H and O–H groups in total. The smallest absolute Gasteiger partial charge is 0.122 e. The average molecular weight is 290 g/mol. The second kappa shape index (κ2) is 6.53. The van der Waals surface area contributed by atoms with Gasteiger partial charge < -0.3 is 10.2 Å². The van der Waals surface area contributed by atoms with Crippen molar-refractivity contribution < 1.29 is 4.42 Å². The predicted molar refractivity (Wildman–Crippen MR) is 86.2 cm³/mol. The van der Waals surface area contributed by atoms with Crippen LogP contribution >= 0.6 is 0 Å². The lowest BCUT2D eigenvalue weighted by Gasteiger charge is -2.31. The SMILES string of the molecule is CC1CC1c1ccc(C(CN)N(C)CC2CCCCC2)o1. The molecule has 2 aliphatic rings. The molecule has 3 unspecified atom stereocenters. The van der Waals surface area contributed by atoms with Crippen LogP contribution in [0.25, 0.3) is 0 Å². The van der Waals surface area contributed by atoms with Crippen molar-refractivity contribution in [2.75, 3.05) is 20.1 Å². The largest absolute Gasteiger partial charge is 0.464 e. The van der Waals surface area contributed by atoms with Crippen LogP contribution < -0.4 is 5.73 Å². The van der Waals surface area contributed by atoms with E-state index in [0.29, 0.717) is 12.5 Å². The van der Waals surface area contributed by atoms with Crippen LogP contribution in [0.5, 0.6) is 0 Å². The highest BCUT2D eigenvalue weighted by Crippen LogP contribution is 2.47. The molecule has 3 atom stereocenters. The monoisotopic (exact) mass is 290 g/mol. The molecule has 3 heteroatoms. The van der Waals surface area contributed by atoms with Gasteiger partial charge in [-0.25, -0.2) is 0 Å². The minimum atomic E-state index is 0.231. The first-order valence-electron chi connectivity index (χ1n) is 8.69. The van der Waals surface area contributed by atoms with E-state index in [1.54, 1.807) is 0 Å². The summed E-state index contributed by atoms with van der Waals surface area (Å²) in [6, 6.07) is 4.55. The Hall–Kier alpha value is -0.800. The van der Waals surface area contributed by atoms with Crippen LogP contribution in [0.1, 0.15) is 68.9 Å². The van der Waals surface area contributed by atoms with E-state index in [4.69, 9.17) is 10.2 Å². The summed E-state index contributed by atoms with van der Waals surface area (Å²) in [6.45, 7) is 4.08. The number of nitrogens with two attached hydrogens (primary N) is 1. The molecule has 0 radical (unpaired) electrons. The van der Waals surface area contributed by atoms with Gasteiger partial charge in [-0.05, 0) is 50.3 Å². The Labute approximate surface area is 128 Å². The summed E-state index contributed by atoms with van der Waals surface area (Å²) < 4.78 is 6.12. The van der Waals surface area contributed by atoms with Crippen molar-refractivity contribution in [3.63, 3.8) is 0 Å². The summed E-state index contributed by atoms with van der Waals surface area (Å²) in [5, 5.41) is 0. The Morgan fingerprint density at radius 1 is 1.29 bits per heavy atom. The highest BCUT2D eigenvalue weighted by molar-refractivity contribution is 5.19. The Morgan fingerprint density at radius 2 is 2.00 bits per heavy atom. The number of nitrogens with zero attached hydrogens (tertiary/aromatic N) is 1. The topological polar surface area (TPSA) is 42.4 Å². The van der Waals surface area contributed by atoms with Crippen molar-refractivity contribution in [3.8, 4) is 0 Å². The van der Waals surface area contributed by atoms with E-state index in [1.165, 1.54) is 44.3 Å². The van der Waals surface area contributed by atoms with Crippen LogP contribution in [0.2, 0.25) is 0 Å². The molecule has 0 aliphatic heterocycles. The molecule has 2 fully saturated rings. The maximum Gasteiger partial charge on any atom is 0.122 e. The second-order valence-electron chi connectivity index (χ2n) is 7.25. The zero-order chi connectivity index (χ0) is 14.8. The fourth-order valence-electron chi connectivity index (χ4n) is 3.88. The van der Waals surface area contributed by atoms with Crippen molar-refractivity contribution in [2.45, 2.75) is 57.4 Å². The van der Waals surface area contributed by atoms with Crippen molar-refractivity contribution >= 4 is 0 Å². The van der Waals surface area contributed by atoms with Crippen LogP contribution in [0.3, 0.4) is 0 Å². The van der Waals surface area contributed by atoms with Crippen LogP contribution in [0, 0.1) is 11.8 Å². The van der Waals surface area contributed by atoms with E-state index in [2.05, 4.69) is 31.0 Å². The van der Waals surface area contributed by atoms with E-state index in [0.717, 1.165) is 24.1 Å². The van der Waals surface area contributed by atoms with E-state index in [1.807, 2.05) is 0 Å². The maximum absolute atomic E-state index is 6.12. The molecule has 118 valence electrons. The average Bonchev–Trinajstić information content (AvgIpc) is 3.02. The van der Waals surface area contributed by atoms with Crippen molar-refractivity contribution in [1.82, 2.24) is 4.90 Å². The highest BCUT2D eigenvalue weighted by atomic mass is 16.3. The summed E-state index contributed by atoms with van der Waals surface area (Å²) in [5.41, 5.74) is 6.04. The van der Waals surface area contributed by atoms with Gasteiger partial charge in [-0.15, -0.1) is 0 Å². The van der Waals surface area contributed by atoms with Gasteiger partial charge in [0.15, 0.2) is 0 Å². The molecular weight excluding hydrogens is 260 g/mol. The van der Waals surface area contributed by atoms with Crippen molar-refractivity contribution in [1.29, 1.82) is 0 Å².